The van der Waals surface area contributed by atoms with Gasteiger partial charge in [-0.15, -0.1) is 0 Å². The highest BCUT2D eigenvalue weighted by atomic mass is 19.4. The summed E-state index contributed by atoms with van der Waals surface area (Å²) in [6.07, 6.45) is 5.05. The van der Waals surface area contributed by atoms with Crippen LogP contribution in [0.2, 0.25) is 0 Å². The van der Waals surface area contributed by atoms with Gasteiger partial charge < -0.3 is 9.32 Å². The van der Waals surface area contributed by atoms with Crippen LogP contribution in [0.3, 0.4) is 0 Å². The second-order valence-corrected chi connectivity index (χ2v) is 9.75. The molecule has 2 aromatic carbocycles. The lowest BCUT2D eigenvalue weighted by Gasteiger charge is -2.39. The average molecular weight is 468 g/mol. The van der Waals surface area contributed by atoms with Crippen molar-refractivity contribution in [2.75, 3.05) is 7.05 Å². The van der Waals surface area contributed by atoms with Crippen LogP contribution in [0.4, 0.5) is 17.6 Å². The zero-order valence-electron chi connectivity index (χ0n) is 19.4. The zero-order valence-corrected chi connectivity index (χ0v) is 19.4. The number of rotatable bonds is 3. The number of furan rings is 1. The molecule has 0 saturated heterocycles. The molecule has 1 aliphatic carbocycles. The second-order valence-electron chi connectivity index (χ2n) is 9.75. The average Bonchev–Trinajstić information content (AvgIpc) is 3.12. The van der Waals surface area contributed by atoms with Gasteiger partial charge >= 0.3 is 6.18 Å². The molecule has 0 fully saturated rings. The van der Waals surface area contributed by atoms with Gasteiger partial charge in [0.1, 0.15) is 17.0 Å². The van der Waals surface area contributed by atoms with Crippen molar-refractivity contribution in [1.29, 1.82) is 0 Å². The molecule has 2 aliphatic rings. The van der Waals surface area contributed by atoms with E-state index in [0.717, 1.165) is 33.2 Å². The number of allylic oxidation sites excluding steroid dienone is 4. The minimum Gasteiger partial charge on any atom is -0.455 e. The van der Waals surface area contributed by atoms with Gasteiger partial charge in [-0.3, -0.25) is 0 Å². The maximum atomic E-state index is 13.9. The van der Waals surface area contributed by atoms with Crippen LogP contribution in [0.25, 0.3) is 27.6 Å². The van der Waals surface area contributed by atoms with E-state index in [9.17, 15) is 17.6 Å². The van der Waals surface area contributed by atoms with Crippen LogP contribution in [0.15, 0.2) is 76.3 Å². The molecule has 6 heteroatoms. The minimum absolute atomic E-state index is 0.141. The van der Waals surface area contributed by atoms with Crippen molar-refractivity contribution in [3.63, 3.8) is 0 Å². The quantitative estimate of drug-likeness (QED) is 0.362. The Hall–Kier alpha value is -3.28. The van der Waals surface area contributed by atoms with Gasteiger partial charge in [-0.1, -0.05) is 50.3 Å². The van der Waals surface area contributed by atoms with Crippen molar-refractivity contribution in [2.24, 2.45) is 5.41 Å². The van der Waals surface area contributed by atoms with Crippen LogP contribution >= 0.6 is 0 Å². The van der Waals surface area contributed by atoms with Crippen LogP contribution < -0.4 is 0 Å². The number of fused-ring (bicyclic) bond motifs is 4. The fourth-order valence-electron chi connectivity index (χ4n) is 4.87. The van der Waals surface area contributed by atoms with E-state index in [2.05, 4.69) is 4.90 Å². The first-order valence-corrected chi connectivity index (χ1v) is 11.2. The van der Waals surface area contributed by atoms with Crippen molar-refractivity contribution in [2.45, 2.75) is 39.4 Å². The first kappa shape index (κ1) is 22.5. The van der Waals surface area contributed by atoms with E-state index < -0.39 is 11.6 Å². The van der Waals surface area contributed by atoms with Gasteiger partial charge in [0.25, 0.3) is 0 Å². The number of halogens is 4. The highest BCUT2D eigenvalue weighted by Gasteiger charge is 2.48. The summed E-state index contributed by atoms with van der Waals surface area (Å²) >= 11 is 0. The van der Waals surface area contributed by atoms with Gasteiger partial charge in [0, 0.05) is 35.1 Å². The van der Waals surface area contributed by atoms with E-state index in [0.29, 0.717) is 16.7 Å². The summed E-state index contributed by atoms with van der Waals surface area (Å²) in [4.78, 5) is 2.06. The summed E-state index contributed by atoms with van der Waals surface area (Å²) in [5, 5.41) is 1.64. The van der Waals surface area contributed by atoms with Crippen LogP contribution in [0, 0.1) is 18.2 Å². The van der Waals surface area contributed by atoms with Gasteiger partial charge in [-0.05, 0) is 48.3 Å². The molecule has 2 heterocycles. The second kappa shape index (κ2) is 7.62. The molecule has 2 nitrogen and oxygen atoms in total. The van der Waals surface area contributed by atoms with E-state index in [4.69, 9.17) is 4.42 Å². The number of alkyl halides is 3. The first-order chi connectivity index (χ1) is 16.0. The maximum Gasteiger partial charge on any atom is 0.394 e. The lowest BCUT2D eigenvalue weighted by Crippen LogP contribution is -2.37. The zero-order chi connectivity index (χ0) is 24.4. The summed E-state index contributed by atoms with van der Waals surface area (Å²) in [5.74, 6) is -0.387. The van der Waals surface area contributed by atoms with Crippen LogP contribution in [-0.2, 0) is 0 Å². The molecule has 0 amide bonds. The molecule has 0 radical (unpaired) electrons. The monoisotopic (exact) mass is 467 g/mol. The third-order valence-electron chi connectivity index (χ3n) is 6.95. The predicted octanol–water partition coefficient (Wildman–Crippen LogP) is 8.09. The molecular weight excluding hydrogens is 442 g/mol. The van der Waals surface area contributed by atoms with E-state index >= 15 is 0 Å². The fraction of sp³-hybridized carbons (Fsp3) is 0.286. The Morgan fingerprint density at radius 2 is 1.76 bits per heavy atom. The molecule has 34 heavy (non-hydrogen) atoms. The molecule has 1 aliphatic heterocycles. The van der Waals surface area contributed by atoms with Crippen LogP contribution in [0.5, 0.6) is 0 Å². The third-order valence-corrected chi connectivity index (χ3v) is 6.95. The molecule has 0 N–H and O–H groups in total. The Bertz CT molecular complexity index is 1430. The fourth-order valence-corrected chi connectivity index (χ4v) is 4.87. The van der Waals surface area contributed by atoms with E-state index in [1.54, 1.807) is 6.07 Å². The van der Waals surface area contributed by atoms with Crippen molar-refractivity contribution >= 4 is 27.6 Å². The van der Waals surface area contributed by atoms with Crippen molar-refractivity contribution in [3.8, 4) is 0 Å². The lowest BCUT2D eigenvalue weighted by atomic mass is 9.79. The Morgan fingerprint density at radius 3 is 2.50 bits per heavy atom. The Balaban J connectivity index is 1.74. The number of nitrogens with zero attached hydrogens (tertiary/aromatic N) is 1. The SMILES string of the molecule is Cc1ccc2c(oc3cc(F)ccc32)c1C1=CC(CC(C)(C)C(F)(F)F)=C2C=CC=CC2N1C. The van der Waals surface area contributed by atoms with Gasteiger partial charge in [0.2, 0.25) is 0 Å². The Morgan fingerprint density at radius 1 is 1.03 bits per heavy atom. The smallest absolute Gasteiger partial charge is 0.394 e. The van der Waals surface area contributed by atoms with E-state index in [-0.39, 0.29) is 18.3 Å². The van der Waals surface area contributed by atoms with E-state index in [1.807, 2.05) is 56.5 Å². The number of likely N-dealkylation sites (N-methyl/N-ethyl adjacent to an activating group) is 1. The summed E-state index contributed by atoms with van der Waals surface area (Å²) < 4.78 is 61.4. The maximum absolute atomic E-state index is 13.9. The molecule has 5 rings (SSSR count). The van der Waals surface area contributed by atoms with Crippen molar-refractivity contribution in [1.82, 2.24) is 4.90 Å². The van der Waals surface area contributed by atoms with Crippen molar-refractivity contribution < 1.29 is 22.0 Å². The highest BCUT2D eigenvalue weighted by Crippen LogP contribution is 2.47. The summed E-state index contributed by atoms with van der Waals surface area (Å²) in [7, 11) is 1.94. The summed E-state index contributed by atoms with van der Waals surface area (Å²) in [6.45, 7) is 4.43. The molecular formula is C28H25F4NO. The highest BCUT2D eigenvalue weighted by molar-refractivity contribution is 6.08. The molecule has 1 atom stereocenters. The molecule has 0 bridgehead atoms. The number of benzene rings is 2. The van der Waals surface area contributed by atoms with Gasteiger partial charge in [-0.2, -0.15) is 13.2 Å². The minimum atomic E-state index is -4.33. The molecule has 0 saturated carbocycles. The molecule has 3 aromatic rings. The van der Waals surface area contributed by atoms with Gasteiger partial charge in [0.05, 0.1) is 11.5 Å². The Labute approximate surface area is 195 Å². The number of hydrogen-bond donors (Lipinski definition) is 0. The summed E-state index contributed by atoms with van der Waals surface area (Å²) in [5.41, 5.74) is 3.19. The molecule has 1 unspecified atom stereocenters. The van der Waals surface area contributed by atoms with E-state index in [1.165, 1.54) is 26.0 Å². The summed E-state index contributed by atoms with van der Waals surface area (Å²) in [6, 6.07) is 8.17. The van der Waals surface area contributed by atoms with Crippen molar-refractivity contribution in [3.05, 3.63) is 88.8 Å². The number of hydrogen-bond acceptors (Lipinski definition) is 2. The largest absolute Gasteiger partial charge is 0.455 e. The number of aryl methyl sites for hydroxylation is 1. The van der Waals surface area contributed by atoms with Gasteiger partial charge in [-0.25, -0.2) is 4.39 Å². The van der Waals surface area contributed by atoms with Gasteiger partial charge in [0.15, 0.2) is 0 Å². The molecule has 0 spiro atoms. The topological polar surface area (TPSA) is 16.4 Å². The first-order valence-electron chi connectivity index (χ1n) is 11.2. The van der Waals surface area contributed by atoms with Crippen LogP contribution in [-0.4, -0.2) is 24.2 Å². The van der Waals surface area contributed by atoms with Crippen LogP contribution in [0.1, 0.15) is 31.4 Å². The third kappa shape index (κ3) is 3.47. The normalized spacial score (nSPS) is 18.8. The lowest BCUT2D eigenvalue weighted by molar-refractivity contribution is -0.210. The Kier molecular flexibility index (Phi) is 5.04. The standard InChI is InChI=1S/C28H25F4NO/c1-16-9-11-21-20-12-10-18(29)14-24(20)34-26(21)25(16)23-13-17(15-27(2,3)28(30,31)32)19-7-5-6-8-22(19)33(23)4/h5-14,22H,15H2,1-4H3. The molecule has 176 valence electrons. The predicted molar refractivity (Wildman–Crippen MR) is 128 cm³/mol. The molecule has 1 aromatic heterocycles.